The van der Waals surface area contributed by atoms with E-state index in [2.05, 4.69) is 5.10 Å². The van der Waals surface area contributed by atoms with Gasteiger partial charge in [-0.3, -0.25) is 4.79 Å². The van der Waals surface area contributed by atoms with Gasteiger partial charge in [0.1, 0.15) is 0 Å². The zero-order valence-electron chi connectivity index (χ0n) is 9.69. The van der Waals surface area contributed by atoms with E-state index in [9.17, 15) is 18.0 Å². The summed E-state index contributed by atoms with van der Waals surface area (Å²) in [7, 11) is 0. The van der Waals surface area contributed by atoms with Crippen molar-refractivity contribution in [3.63, 3.8) is 0 Å². The monoisotopic (exact) mass is 269 g/mol. The molecule has 7 heteroatoms. The number of benzene rings is 1. The molecule has 1 aromatic heterocycles. The summed E-state index contributed by atoms with van der Waals surface area (Å²) in [6.07, 6.45) is -2.97. The Balaban J connectivity index is 2.32. The number of halogens is 3. The second-order valence-corrected chi connectivity index (χ2v) is 3.94. The lowest BCUT2D eigenvalue weighted by atomic mass is 10.2. The number of nitrogens with two attached hydrogens (primary N) is 1. The van der Waals surface area contributed by atoms with E-state index in [1.54, 1.807) is 0 Å². The van der Waals surface area contributed by atoms with E-state index in [0.29, 0.717) is 5.69 Å². The molecule has 1 heterocycles. The molecule has 0 aliphatic heterocycles. The Kier molecular flexibility index (Phi) is 3.28. The molecule has 0 radical (unpaired) electrons. The third-order valence-electron chi connectivity index (χ3n) is 2.44. The van der Waals surface area contributed by atoms with E-state index < -0.39 is 17.6 Å². The highest BCUT2D eigenvalue weighted by Gasteiger charge is 2.30. The molecule has 0 aliphatic carbocycles. The molecule has 2 aromatic rings. The van der Waals surface area contributed by atoms with Crippen LogP contribution in [0.5, 0.6) is 0 Å². The number of hydrogen-bond donors (Lipinski definition) is 1. The van der Waals surface area contributed by atoms with Crippen LogP contribution < -0.4 is 5.73 Å². The molecule has 19 heavy (non-hydrogen) atoms. The van der Waals surface area contributed by atoms with Crippen LogP contribution in [0.15, 0.2) is 36.5 Å². The molecule has 1 amide bonds. The average molecular weight is 269 g/mol. The largest absolute Gasteiger partial charge is 0.416 e. The van der Waals surface area contributed by atoms with Gasteiger partial charge in [0.05, 0.1) is 23.4 Å². The Labute approximate surface area is 106 Å². The van der Waals surface area contributed by atoms with Crippen molar-refractivity contribution in [1.82, 2.24) is 9.78 Å². The van der Waals surface area contributed by atoms with E-state index >= 15 is 0 Å². The fourth-order valence-corrected chi connectivity index (χ4v) is 1.60. The Hall–Kier alpha value is -2.31. The van der Waals surface area contributed by atoms with Gasteiger partial charge in [-0.25, -0.2) is 4.68 Å². The summed E-state index contributed by atoms with van der Waals surface area (Å²) in [4.78, 5) is 10.7. The standard InChI is InChI=1S/C12H10F3N3O/c13-12(14,15)8-2-1-3-10(6-8)18-5-4-9(17-18)7-11(16)19/h1-6H,7H2,(H2,16,19). The summed E-state index contributed by atoms with van der Waals surface area (Å²) in [5, 5.41) is 3.99. The number of carbonyl (C=O) groups is 1. The SMILES string of the molecule is NC(=O)Cc1ccn(-c2cccc(C(F)(F)F)c2)n1. The van der Waals surface area contributed by atoms with Gasteiger partial charge < -0.3 is 5.73 Å². The van der Waals surface area contributed by atoms with Crippen molar-refractivity contribution < 1.29 is 18.0 Å². The van der Waals surface area contributed by atoms with Gasteiger partial charge >= 0.3 is 6.18 Å². The zero-order valence-corrected chi connectivity index (χ0v) is 9.69. The van der Waals surface area contributed by atoms with Gasteiger partial charge in [0.2, 0.25) is 5.91 Å². The summed E-state index contributed by atoms with van der Waals surface area (Å²) in [6, 6.07) is 6.30. The topological polar surface area (TPSA) is 60.9 Å². The van der Waals surface area contributed by atoms with Gasteiger partial charge in [-0.2, -0.15) is 18.3 Å². The van der Waals surface area contributed by atoms with Crippen LogP contribution in [-0.4, -0.2) is 15.7 Å². The third kappa shape index (κ3) is 3.12. The molecular formula is C12H10F3N3O. The van der Waals surface area contributed by atoms with E-state index in [0.717, 1.165) is 12.1 Å². The van der Waals surface area contributed by atoms with Crippen molar-refractivity contribution in [3.05, 3.63) is 47.8 Å². The zero-order chi connectivity index (χ0) is 14.0. The van der Waals surface area contributed by atoms with Gasteiger partial charge in [-0.1, -0.05) is 6.07 Å². The van der Waals surface area contributed by atoms with Crippen molar-refractivity contribution in [1.29, 1.82) is 0 Å². The summed E-state index contributed by atoms with van der Waals surface area (Å²) < 4.78 is 39.0. The van der Waals surface area contributed by atoms with Crippen LogP contribution in [0.25, 0.3) is 5.69 Å². The molecule has 1 aromatic carbocycles. The minimum atomic E-state index is -4.40. The van der Waals surface area contributed by atoms with Gasteiger partial charge in [-0.15, -0.1) is 0 Å². The second-order valence-electron chi connectivity index (χ2n) is 3.94. The van der Waals surface area contributed by atoms with Crippen LogP contribution in [0.2, 0.25) is 0 Å². The first-order valence-corrected chi connectivity index (χ1v) is 5.37. The van der Waals surface area contributed by atoms with Crippen molar-refractivity contribution >= 4 is 5.91 Å². The lowest BCUT2D eigenvalue weighted by Crippen LogP contribution is -2.14. The number of alkyl halides is 3. The number of primary amides is 1. The Morgan fingerprint density at radius 3 is 2.68 bits per heavy atom. The van der Waals surface area contributed by atoms with Crippen LogP contribution in [0.4, 0.5) is 13.2 Å². The molecule has 4 nitrogen and oxygen atoms in total. The normalized spacial score (nSPS) is 11.5. The van der Waals surface area contributed by atoms with Crippen molar-refractivity contribution in [2.45, 2.75) is 12.6 Å². The Bertz CT molecular complexity index is 604. The van der Waals surface area contributed by atoms with Gasteiger partial charge in [-0.05, 0) is 24.3 Å². The lowest BCUT2D eigenvalue weighted by Gasteiger charge is -2.08. The summed E-state index contributed by atoms with van der Waals surface area (Å²) in [5.74, 6) is -0.547. The van der Waals surface area contributed by atoms with E-state index in [4.69, 9.17) is 5.73 Å². The summed E-state index contributed by atoms with van der Waals surface area (Å²) in [6.45, 7) is 0. The molecule has 0 spiro atoms. The molecule has 0 bridgehead atoms. The molecule has 0 saturated carbocycles. The first kappa shape index (κ1) is 13.1. The second kappa shape index (κ2) is 4.75. The minimum Gasteiger partial charge on any atom is -0.369 e. The van der Waals surface area contributed by atoms with Crippen molar-refractivity contribution in [2.75, 3.05) is 0 Å². The minimum absolute atomic E-state index is 0.0496. The number of amides is 1. The fraction of sp³-hybridized carbons (Fsp3) is 0.167. The molecule has 2 rings (SSSR count). The molecule has 2 N–H and O–H groups in total. The number of hydrogen-bond acceptors (Lipinski definition) is 2. The molecule has 0 saturated heterocycles. The maximum Gasteiger partial charge on any atom is 0.416 e. The molecule has 0 atom stereocenters. The average Bonchev–Trinajstić information content (AvgIpc) is 2.76. The molecule has 100 valence electrons. The van der Waals surface area contributed by atoms with Gasteiger partial charge in [0.25, 0.3) is 0 Å². The van der Waals surface area contributed by atoms with Crippen molar-refractivity contribution in [3.8, 4) is 5.69 Å². The molecule has 0 fully saturated rings. The third-order valence-corrected chi connectivity index (χ3v) is 2.44. The van der Waals surface area contributed by atoms with Crippen LogP contribution in [0, 0.1) is 0 Å². The smallest absolute Gasteiger partial charge is 0.369 e. The maximum atomic E-state index is 12.6. The number of nitrogens with zero attached hydrogens (tertiary/aromatic N) is 2. The quantitative estimate of drug-likeness (QED) is 0.925. The van der Waals surface area contributed by atoms with Crippen molar-refractivity contribution in [2.24, 2.45) is 5.73 Å². The predicted molar refractivity (Wildman–Crippen MR) is 61.5 cm³/mol. The lowest BCUT2D eigenvalue weighted by molar-refractivity contribution is -0.137. The predicted octanol–water partition coefficient (Wildman–Crippen LogP) is 1.92. The number of aromatic nitrogens is 2. The molecule has 0 aliphatic rings. The fourth-order valence-electron chi connectivity index (χ4n) is 1.60. The highest BCUT2D eigenvalue weighted by molar-refractivity contribution is 5.76. The van der Waals surface area contributed by atoms with Crippen LogP contribution in [0.1, 0.15) is 11.3 Å². The van der Waals surface area contributed by atoms with Gasteiger partial charge in [0, 0.05) is 6.20 Å². The number of carbonyl (C=O) groups excluding carboxylic acids is 1. The number of rotatable bonds is 3. The van der Waals surface area contributed by atoms with E-state index in [1.807, 2.05) is 0 Å². The van der Waals surface area contributed by atoms with Crippen LogP contribution >= 0.6 is 0 Å². The highest BCUT2D eigenvalue weighted by atomic mass is 19.4. The molecular weight excluding hydrogens is 259 g/mol. The maximum absolute atomic E-state index is 12.6. The Morgan fingerprint density at radius 2 is 2.05 bits per heavy atom. The first-order valence-electron chi connectivity index (χ1n) is 5.37. The van der Waals surface area contributed by atoms with Crippen LogP contribution in [0.3, 0.4) is 0 Å². The molecule has 0 unspecified atom stereocenters. The highest BCUT2D eigenvalue weighted by Crippen LogP contribution is 2.30. The van der Waals surface area contributed by atoms with E-state index in [1.165, 1.54) is 29.1 Å². The first-order chi connectivity index (χ1) is 8.86. The summed E-state index contributed by atoms with van der Waals surface area (Å²) in [5.41, 5.74) is 4.94. The Morgan fingerprint density at radius 1 is 1.32 bits per heavy atom. The van der Waals surface area contributed by atoms with Gasteiger partial charge in [0.15, 0.2) is 0 Å². The van der Waals surface area contributed by atoms with E-state index in [-0.39, 0.29) is 12.1 Å². The van der Waals surface area contributed by atoms with Crippen LogP contribution in [-0.2, 0) is 17.4 Å². The summed E-state index contributed by atoms with van der Waals surface area (Å²) >= 11 is 0.